The van der Waals surface area contributed by atoms with E-state index in [1.807, 2.05) is 43.4 Å². The lowest BCUT2D eigenvalue weighted by Gasteiger charge is -2.44. The van der Waals surface area contributed by atoms with Crippen LogP contribution in [0.3, 0.4) is 0 Å². The molecule has 4 rings (SSSR count). The van der Waals surface area contributed by atoms with Crippen molar-refractivity contribution in [1.29, 1.82) is 0 Å². The van der Waals surface area contributed by atoms with E-state index >= 15 is 0 Å². The maximum atomic E-state index is 11.5. The summed E-state index contributed by atoms with van der Waals surface area (Å²) in [4.78, 5) is 0. The molecule has 0 saturated heterocycles. The number of benzene rings is 3. The fourth-order valence-electron chi connectivity index (χ4n) is 4.80. The lowest BCUT2D eigenvalue weighted by molar-refractivity contribution is 0.0156. The Morgan fingerprint density at radius 3 is 2.33 bits per heavy atom. The number of rotatable bonds is 5. The third-order valence-electron chi connectivity index (χ3n) is 6.68. The average molecular weight is 512 g/mol. The normalized spacial score (nSPS) is 24.7. The molecule has 1 heterocycles. The fourth-order valence-corrected chi connectivity index (χ4v) is 5.07. The summed E-state index contributed by atoms with van der Waals surface area (Å²) in [5, 5.41) is 14.8. The Kier molecular flexibility index (Phi) is 6.98. The van der Waals surface area contributed by atoms with E-state index in [4.69, 9.17) is 14.2 Å². The van der Waals surface area contributed by atoms with Crippen LogP contribution in [0.1, 0.15) is 42.1 Å². The molecule has 0 radical (unpaired) electrons. The second-order valence-electron chi connectivity index (χ2n) is 8.50. The van der Waals surface area contributed by atoms with Gasteiger partial charge in [0.2, 0.25) is 0 Å². The third kappa shape index (κ3) is 4.47. The lowest BCUT2D eigenvalue weighted by Crippen LogP contribution is -2.44. The van der Waals surface area contributed by atoms with Gasteiger partial charge in [0.15, 0.2) is 0 Å². The molecule has 1 aliphatic rings. The average Bonchev–Trinajstić information content (AvgIpc) is 2.83. The molecule has 0 aliphatic carbocycles. The number of aliphatic hydroxyl groups is 1. The predicted molar refractivity (Wildman–Crippen MR) is 133 cm³/mol. The molecule has 0 unspecified atom stereocenters. The lowest BCUT2D eigenvalue weighted by atomic mass is 9.73. The van der Waals surface area contributed by atoms with Gasteiger partial charge in [0, 0.05) is 28.6 Å². The summed E-state index contributed by atoms with van der Waals surface area (Å²) in [7, 11) is 5.08. The van der Waals surface area contributed by atoms with Crippen LogP contribution in [0, 0.1) is 0 Å². The van der Waals surface area contributed by atoms with Crippen LogP contribution in [0.2, 0.25) is 0 Å². The van der Waals surface area contributed by atoms with Crippen molar-refractivity contribution in [2.24, 2.45) is 0 Å². The van der Waals surface area contributed by atoms with Crippen LogP contribution < -0.4 is 19.5 Å². The maximum Gasteiger partial charge on any atom is 0.138 e. The smallest absolute Gasteiger partial charge is 0.138 e. The quantitative estimate of drug-likeness (QED) is 0.468. The SMILES string of the molecule is CN[C@H]1C[C@@H](c2ccccc2)[C@](C)(c2ccc(Br)cc2)Oc2cc(OC)cc(OC)c2[C@@H]1O. The zero-order valence-electron chi connectivity index (χ0n) is 19.3. The summed E-state index contributed by atoms with van der Waals surface area (Å²) in [5.74, 6) is 1.64. The summed E-state index contributed by atoms with van der Waals surface area (Å²) in [6.45, 7) is 2.12. The molecule has 0 aromatic heterocycles. The maximum absolute atomic E-state index is 11.5. The van der Waals surface area contributed by atoms with Crippen LogP contribution in [0.15, 0.2) is 71.2 Å². The zero-order valence-corrected chi connectivity index (χ0v) is 20.9. The number of methoxy groups -OCH3 is 2. The van der Waals surface area contributed by atoms with Gasteiger partial charge < -0.3 is 24.6 Å². The molecule has 5 nitrogen and oxygen atoms in total. The molecule has 174 valence electrons. The Hall–Kier alpha value is -2.54. The first-order chi connectivity index (χ1) is 15.9. The predicted octanol–water partition coefficient (Wildman–Crippen LogP) is 5.57. The van der Waals surface area contributed by atoms with Gasteiger partial charge in [-0.2, -0.15) is 0 Å². The van der Waals surface area contributed by atoms with E-state index in [2.05, 4.69) is 52.4 Å². The van der Waals surface area contributed by atoms with E-state index in [1.54, 1.807) is 20.3 Å². The van der Waals surface area contributed by atoms with Crippen LogP contribution >= 0.6 is 15.9 Å². The molecule has 0 bridgehead atoms. The number of hydrogen-bond donors (Lipinski definition) is 2. The summed E-state index contributed by atoms with van der Waals surface area (Å²) in [6.07, 6.45) is -0.172. The highest BCUT2D eigenvalue weighted by molar-refractivity contribution is 9.10. The largest absolute Gasteiger partial charge is 0.496 e. The van der Waals surface area contributed by atoms with Crippen LogP contribution in [0.4, 0.5) is 0 Å². The zero-order chi connectivity index (χ0) is 23.6. The van der Waals surface area contributed by atoms with Gasteiger partial charge in [-0.15, -0.1) is 0 Å². The Bertz CT molecular complexity index is 1090. The molecule has 0 amide bonds. The molecule has 4 atom stereocenters. The second kappa shape index (κ2) is 9.75. The molecule has 33 heavy (non-hydrogen) atoms. The molecule has 1 aliphatic heterocycles. The molecule has 3 aromatic rings. The minimum Gasteiger partial charge on any atom is -0.496 e. The summed E-state index contributed by atoms with van der Waals surface area (Å²) in [5.41, 5.74) is 2.07. The number of ether oxygens (including phenoxy) is 3. The summed E-state index contributed by atoms with van der Waals surface area (Å²) in [6, 6.07) is 22.0. The molecule has 0 spiro atoms. The van der Waals surface area contributed by atoms with E-state index in [-0.39, 0.29) is 12.0 Å². The van der Waals surface area contributed by atoms with Gasteiger partial charge in [0.1, 0.15) is 29.0 Å². The Morgan fingerprint density at radius 1 is 1.03 bits per heavy atom. The molecular weight excluding hydrogens is 482 g/mol. The number of nitrogens with one attached hydrogen (secondary N) is 1. The number of aliphatic hydroxyl groups excluding tert-OH is 1. The molecule has 2 N–H and O–H groups in total. The van der Waals surface area contributed by atoms with Gasteiger partial charge in [-0.25, -0.2) is 0 Å². The van der Waals surface area contributed by atoms with Crippen molar-refractivity contribution >= 4 is 15.9 Å². The van der Waals surface area contributed by atoms with E-state index < -0.39 is 11.7 Å². The topological polar surface area (TPSA) is 60.0 Å². The van der Waals surface area contributed by atoms with Crippen molar-refractivity contribution < 1.29 is 19.3 Å². The number of hydrogen-bond acceptors (Lipinski definition) is 5. The van der Waals surface area contributed by atoms with Gasteiger partial charge in [-0.1, -0.05) is 58.4 Å². The monoisotopic (exact) mass is 511 g/mol. The summed E-state index contributed by atoms with van der Waals surface area (Å²) < 4.78 is 19.1. The molecule has 0 saturated carbocycles. The van der Waals surface area contributed by atoms with Crippen molar-refractivity contribution in [1.82, 2.24) is 5.32 Å². The summed E-state index contributed by atoms with van der Waals surface area (Å²) >= 11 is 3.55. The number of halogens is 1. The minimum absolute atomic E-state index is 0.0441. The van der Waals surface area contributed by atoms with E-state index in [1.165, 1.54) is 0 Å². The van der Waals surface area contributed by atoms with Crippen LogP contribution in [-0.4, -0.2) is 32.4 Å². The van der Waals surface area contributed by atoms with Crippen molar-refractivity contribution in [3.8, 4) is 17.2 Å². The Morgan fingerprint density at radius 2 is 1.73 bits per heavy atom. The molecule has 3 aromatic carbocycles. The molecule has 6 heteroatoms. The third-order valence-corrected chi connectivity index (χ3v) is 7.21. The van der Waals surface area contributed by atoms with Gasteiger partial charge in [-0.05, 0) is 43.7 Å². The fraction of sp³-hybridized carbons (Fsp3) is 0.333. The van der Waals surface area contributed by atoms with Crippen molar-refractivity contribution in [2.45, 2.75) is 37.0 Å². The van der Waals surface area contributed by atoms with Crippen LogP contribution in [0.25, 0.3) is 0 Å². The molecule has 0 fully saturated rings. The van der Waals surface area contributed by atoms with Gasteiger partial charge in [0.05, 0.1) is 19.8 Å². The Balaban J connectivity index is 1.99. The van der Waals surface area contributed by atoms with Crippen molar-refractivity contribution in [2.75, 3.05) is 21.3 Å². The highest BCUT2D eigenvalue weighted by atomic mass is 79.9. The van der Waals surface area contributed by atoms with Crippen molar-refractivity contribution in [3.63, 3.8) is 0 Å². The van der Waals surface area contributed by atoms with Gasteiger partial charge in [0.25, 0.3) is 0 Å². The number of fused-ring (bicyclic) bond motifs is 1. The molecular formula is C27H30BrNO4. The first-order valence-electron chi connectivity index (χ1n) is 11.0. The first kappa shape index (κ1) is 23.6. The van der Waals surface area contributed by atoms with E-state index in [0.29, 0.717) is 29.2 Å². The highest BCUT2D eigenvalue weighted by Crippen LogP contribution is 2.51. The Labute approximate surface area is 203 Å². The van der Waals surface area contributed by atoms with Crippen LogP contribution in [0.5, 0.6) is 17.2 Å². The first-order valence-corrected chi connectivity index (χ1v) is 11.8. The highest BCUT2D eigenvalue weighted by Gasteiger charge is 2.45. The standard InChI is InChI=1S/C27H30BrNO4/c1-27(18-10-12-19(28)13-11-18)21(17-8-6-5-7-9-17)16-22(29-2)26(30)25-23(32-4)14-20(31-3)15-24(25)33-27/h5-15,21-22,26,29-30H,16H2,1-4H3/t21-,22-,26+,27-/m0/s1. The van der Waals surface area contributed by atoms with Crippen molar-refractivity contribution in [3.05, 3.63) is 87.9 Å². The van der Waals surface area contributed by atoms with E-state index in [0.717, 1.165) is 15.6 Å². The van der Waals surface area contributed by atoms with E-state index in [9.17, 15) is 5.11 Å². The second-order valence-corrected chi connectivity index (χ2v) is 9.41. The number of likely N-dealkylation sites (N-methyl/N-ethyl adjacent to an activating group) is 1. The van der Waals surface area contributed by atoms with Crippen LogP contribution in [-0.2, 0) is 5.60 Å². The van der Waals surface area contributed by atoms with Gasteiger partial charge in [-0.3, -0.25) is 0 Å². The minimum atomic E-state index is -0.827. The van der Waals surface area contributed by atoms with Gasteiger partial charge >= 0.3 is 0 Å².